The van der Waals surface area contributed by atoms with Crippen LogP contribution in [0.3, 0.4) is 0 Å². The fourth-order valence-corrected chi connectivity index (χ4v) is 1.48. The van der Waals surface area contributed by atoms with Crippen molar-refractivity contribution in [3.8, 4) is 0 Å². The van der Waals surface area contributed by atoms with Crippen LogP contribution in [0.2, 0.25) is 0 Å². The molecule has 0 fully saturated rings. The van der Waals surface area contributed by atoms with Crippen molar-refractivity contribution >= 4 is 16.5 Å². The van der Waals surface area contributed by atoms with Gasteiger partial charge in [0.1, 0.15) is 0 Å². The Kier molecular flexibility index (Phi) is 5.72. The van der Waals surface area contributed by atoms with Gasteiger partial charge in [-0.1, -0.05) is 7.43 Å². The maximum Gasteiger partial charge on any atom is 0.182 e. The molecular weight excluding hydrogens is 194 g/mol. The molecule has 0 amide bonds. The van der Waals surface area contributed by atoms with Crippen LogP contribution in [0.1, 0.15) is 28.2 Å². The van der Waals surface area contributed by atoms with E-state index in [1.165, 1.54) is 0 Å². The van der Waals surface area contributed by atoms with Gasteiger partial charge in [0.2, 0.25) is 0 Å². The number of anilines is 1. The second kappa shape index (κ2) is 5.98. The van der Waals surface area contributed by atoms with E-state index in [0.717, 1.165) is 18.2 Å². The standard InChI is InChI=1S/C9H17N3S.CH4/c1-9(2,3)12-5-4-10-8-11-6-7-13-8;/h6-7,12H,4-5H2,1-3H3,(H,10,11);1H4. The van der Waals surface area contributed by atoms with Crippen molar-refractivity contribution in [3.63, 3.8) is 0 Å². The van der Waals surface area contributed by atoms with E-state index in [2.05, 4.69) is 36.4 Å². The molecule has 0 aromatic carbocycles. The number of nitrogens with one attached hydrogen (secondary N) is 2. The number of aromatic nitrogens is 1. The Morgan fingerprint density at radius 2 is 2.07 bits per heavy atom. The molecule has 82 valence electrons. The van der Waals surface area contributed by atoms with Crippen molar-refractivity contribution in [1.82, 2.24) is 10.3 Å². The summed E-state index contributed by atoms with van der Waals surface area (Å²) in [4.78, 5) is 4.13. The van der Waals surface area contributed by atoms with Crippen LogP contribution in [0.15, 0.2) is 11.6 Å². The molecule has 2 N–H and O–H groups in total. The van der Waals surface area contributed by atoms with Crippen LogP contribution in [0.4, 0.5) is 5.13 Å². The molecule has 0 saturated carbocycles. The maximum atomic E-state index is 4.13. The fraction of sp³-hybridized carbons (Fsp3) is 0.700. The topological polar surface area (TPSA) is 37.0 Å². The molecule has 0 unspecified atom stereocenters. The lowest BCUT2D eigenvalue weighted by atomic mass is 10.1. The van der Waals surface area contributed by atoms with Crippen LogP contribution in [-0.4, -0.2) is 23.6 Å². The summed E-state index contributed by atoms with van der Waals surface area (Å²) in [5.74, 6) is 0. The molecule has 3 nitrogen and oxygen atoms in total. The Balaban J connectivity index is 0.00000169. The highest BCUT2D eigenvalue weighted by Crippen LogP contribution is 2.09. The summed E-state index contributed by atoms with van der Waals surface area (Å²) in [6.07, 6.45) is 1.81. The van der Waals surface area contributed by atoms with E-state index in [4.69, 9.17) is 0 Å². The van der Waals surface area contributed by atoms with E-state index >= 15 is 0 Å². The number of thiazole rings is 1. The third-order valence-corrected chi connectivity index (χ3v) is 2.22. The Labute approximate surface area is 91.0 Å². The van der Waals surface area contributed by atoms with Gasteiger partial charge in [0.25, 0.3) is 0 Å². The van der Waals surface area contributed by atoms with Crippen molar-refractivity contribution in [1.29, 1.82) is 0 Å². The predicted molar refractivity (Wildman–Crippen MR) is 65.1 cm³/mol. The lowest BCUT2D eigenvalue weighted by Crippen LogP contribution is -2.38. The zero-order chi connectivity index (χ0) is 9.73. The summed E-state index contributed by atoms with van der Waals surface area (Å²) in [6, 6.07) is 0. The summed E-state index contributed by atoms with van der Waals surface area (Å²) >= 11 is 1.63. The molecule has 0 radical (unpaired) electrons. The normalized spacial score (nSPS) is 10.8. The first-order valence-electron chi connectivity index (χ1n) is 4.46. The second-order valence-electron chi connectivity index (χ2n) is 3.94. The van der Waals surface area contributed by atoms with E-state index in [1.807, 2.05) is 11.6 Å². The molecule has 0 spiro atoms. The first-order chi connectivity index (χ1) is 6.08. The van der Waals surface area contributed by atoms with Crippen molar-refractivity contribution in [3.05, 3.63) is 11.6 Å². The van der Waals surface area contributed by atoms with Crippen LogP contribution >= 0.6 is 11.3 Å². The van der Waals surface area contributed by atoms with Gasteiger partial charge in [-0.05, 0) is 20.8 Å². The summed E-state index contributed by atoms with van der Waals surface area (Å²) in [5.41, 5.74) is 0.199. The van der Waals surface area contributed by atoms with Gasteiger partial charge in [0.15, 0.2) is 5.13 Å². The molecule has 1 heterocycles. The van der Waals surface area contributed by atoms with Gasteiger partial charge in [-0.3, -0.25) is 0 Å². The minimum absolute atomic E-state index is 0. The highest BCUT2D eigenvalue weighted by Gasteiger charge is 2.06. The van der Waals surface area contributed by atoms with E-state index in [9.17, 15) is 0 Å². The molecule has 0 aliphatic rings. The number of rotatable bonds is 4. The first-order valence-corrected chi connectivity index (χ1v) is 5.34. The number of nitrogens with zero attached hydrogens (tertiary/aromatic N) is 1. The highest BCUT2D eigenvalue weighted by atomic mass is 32.1. The van der Waals surface area contributed by atoms with Crippen LogP contribution in [0.5, 0.6) is 0 Å². The van der Waals surface area contributed by atoms with Gasteiger partial charge in [-0.2, -0.15) is 0 Å². The van der Waals surface area contributed by atoms with Crippen LogP contribution in [0.25, 0.3) is 0 Å². The largest absolute Gasteiger partial charge is 0.360 e. The SMILES string of the molecule is C.CC(C)(C)NCCNc1nccs1. The lowest BCUT2D eigenvalue weighted by molar-refractivity contribution is 0.435. The van der Waals surface area contributed by atoms with Gasteiger partial charge in [0.05, 0.1) is 0 Å². The quantitative estimate of drug-likeness (QED) is 0.758. The molecule has 1 aromatic heterocycles. The van der Waals surface area contributed by atoms with Crippen molar-refractivity contribution in [2.24, 2.45) is 0 Å². The van der Waals surface area contributed by atoms with Crippen molar-refractivity contribution in [2.45, 2.75) is 33.7 Å². The van der Waals surface area contributed by atoms with E-state index < -0.39 is 0 Å². The van der Waals surface area contributed by atoms with Crippen molar-refractivity contribution in [2.75, 3.05) is 18.4 Å². The Bertz CT molecular complexity index is 226. The van der Waals surface area contributed by atoms with E-state index in [0.29, 0.717) is 0 Å². The minimum atomic E-state index is 0. The molecule has 0 aliphatic heterocycles. The zero-order valence-corrected chi connectivity index (χ0v) is 9.24. The third kappa shape index (κ3) is 5.94. The third-order valence-electron chi connectivity index (χ3n) is 1.49. The molecule has 4 heteroatoms. The van der Waals surface area contributed by atoms with Crippen LogP contribution in [-0.2, 0) is 0 Å². The first kappa shape index (κ1) is 13.4. The van der Waals surface area contributed by atoms with Gasteiger partial charge in [-0.15, -0.1) is 11.3 Å². The average molecular weight is 215 g/mol. The molecular formula is C10H21N3S. The van der Waals surface area contributed by atoms with Crippen LogP contribution in [0, 0.1) is 0 Å². The highest BCUT2D eigenvalue weighted by molar-refractivity contribution is 7.13. The summed E-state index contributed by atoms with van der Waals surface area (Å²) in [6.45, 7) is 8.37. The molecule has 14 heavy (non-hydrogen) atoms. The number of hydrogen-bond acceptors (Lipinski definition) is 4. The summed E-state index contributed by atoms with van der Waals surface area (Å²) in [7, 11) is 0. The molecule has 0 atom stereocenters. The smallest absolute Gasteiger partial charge is 0.182 e. The van der Waals surface area contributed by atoms with E-state index in [-0.39, 0.29) is 13.0 Å². The molecule has 0 bridgehead atoms. The Morgan fingerprint density at radius 1 is 1.36 bits per heavy atom. The van der Waals surface area contributed by atoms with Gasteiger partial charge in [0, 0.05) is 30.2 Å². The monoisotopic (exact) mass is 215 g/mol. The summed E-state index contributed by atoms with van der Waals surface area (Å²) in [5, 5.41) is 9.61. The summed E-state index contributed by atoms with van der Waals surface area (Å²) < 4.78 is 0. The van der Waals surface area contributed by atoms with Gasteiger partial charge < -0.3 is 10.6 Å². The lowest BCUT2D eigenvalue weighted by Gasteiger charge is -2.20. The predicted octanol–water partition coefficient (Wildman–Crippen LogP) is 2.58. The minimum Gasteiger partial charge on any atom is -0.360 e. The Morgan fingerprint density at radius 3 is 2.57 bits per heavy atom. The number of hydrogen-bond donors (Lipinski definition) is 2. The molecule has 0 saturated heterocycles. The Hall–Kier alpha value is -0.610. The fourth-order valence-electron chi connectivity index (χ4n) is 0.918. The van der Waals surface area contributed by atoms with Gasteiger partial charge in [-0.25, -0.2) is 4.98 Å². The van der Waals surface area contributed by atoms with Crippen LogP contribution < -0.4 is 10.6 Å². The van der Waals surface area contributed by atoms with Crippen molar-refractivity contribution < 1.29 is 0 Å². The second-order valence-corrected chi connectivity index (χ2v) is 4.84. The molecule has 0 aliphatic carbocycles. The van der Waals surface area contributed by atoms with Gasteiger partial charge >= 0.3 is 0 Å². The van der Waals surface area contributed by atoms with E-state index in [1.54, 1.807) is 11.3 Å². The zero-order valence-electron chi connectivity index (χ0n) is 8.42. The molecule has 1 rings (SSSR count). The average Bonchev–Trinajstić information content (AvgIpc) is 2.48. The maximum absolute atomic E-state index is 4.13. The molecule has 1 aromatic rings.